The molecule has 16 heavy (non-hydrogen) atoms. The van der Waals surface area contributed by atoms with E-state index >= 15 is 0 Å². The predicted octanol–water partition coefficient (Wildman–Crippen LogP) is 2.04. The fourth-order valence-corrected chi connectivity index (χ4v) is 0.833. The highest BCUT2D eigenvalue weighted by atomic mass is 35.5. The number of halogens is 5. The number of nitrogens with two attached hydrogens (primary N) is 1. The quantitative estimate of drug-likeness (QED) is 0.846. The first kappa shape index (κ1) is 14.9. The molecule has 3 nitrogen and oxygen atoms in total. The molecule has 1 aromatic heterocycles. The summed E-state index contributed by atoms with van der Waals surface area (Å²) in [7, 11) is 0. The van der Waals surface area contributed by atoms with Crippen LogP contribution in [0.1, 0.15) is 5.56 Å². The lowest BCUT2D eigenvalue weighted by atomic mass is 10.3. The number of aromatic nitrogens is 1. The molecule has 0 spiro atoms. The number of alkyl halides is 3. The molecule has 0 saturated carbocycles. The van der Waals surface area contributed by atoms with Crippen LogP contribution in [-0.4, -0.2) is 17.8 Å². The normalized spacial score (nSPS) is 10.8. The third-order valence-electron chi connectivity index (χ3n) is 1.47. The van der Waals surface area contributed by atoms with E-state index in [2.05, 4.69) is 9.72 Å². The average molecular weight is 261 g/mol. The Labute approximate surface area is 95.0 Å². The van der Waals surface area contributed by atoms with Crippen molar-refractivity contribution in [3.05, 3.63) is 23.6 Å². The van der Waals surface area contributed by atoms with Gasteiger partial charge in [0.25, 0.3) is 5.88 Å². The summed E-state index contributed by atoms with van der Waals surface area (Å²) in [5.41, 5.74) is 5.57. The van der Waals surface area contributed by atoms with Crippen LogP contribution in [0.3, 0.4) is 0 Å². The van der Waals surface area contributed by atoms with Crippen molar-refractivity contribution in [3.8, 4) is 5.88 Å². The Morgan fingerprint density at radius 2 is 2.00 bits per heavy atom. The number of hydrogen-bond donors (Lipinski definition) is 1. The van der Waals surface area contributed by atoms with Gasteiger partial charge in [-0.15, -0.1) is 12.4 Å². The van der Waals surface area contributed by atoms with Crippen LogP contribution in [0.2, 0.25) is 0 Å². The average Bonchev–Trinajstić information content (AvgIpc) is 2.14. The number of rotatable bonds is 3. The summed E-state index contributed by atoms with van der Waals surface area (Å²) in [5.74, 6) is -1.63. The first-order chi connectivity index (χ1) is 6.92. The summed E-state index contributed by atoms with van der Waals surface area (Å²) in [6.45, 7) is -1.51. The molecule has 1 rings (SSSR count). The predicted molar refractivity (Wildman–Crippen MR) is 50.9 cm³/mol. The molecule has 1 aromatic rings. The molecule has 1 heterocycles. The van der Waals surface area contributed by atoms with Crippen LogP contribution >= 0.6 is 12.4 Å². The maximum absolute atomic E-state index is 13.0. The van der Waals surface area contributed by atoms with Crippen LogP contribution in [-0.2, 0) is 6.54 Å². The summed E-state index contributed by atoms with van der Waals surface area (Å²) in [4.78, 5) is 3.37. The van der Waals surface area contributed by atoms with E-state index in [1.807, 2.05) is 0 Å². The molecule has 8 heteroatoms. The van der Waals surface area contributed by atoms with Crippen molar-refractivity contribution in [2.24, 2.45) is 5.73 Å². The zero-order valence-corrected chi connectivity index (χ0v) is 8.74. The van der Waals surface area contributed by atoms with Gasteiger partial charge >= 0.3 is 6.18 Å². The molecule has 0 amide bonds. The molecule has 0 aliphatic carbocycles. The van der Waals surface area contributed by atoms with Gasteiger partial charge in [-0.3, -0.25) is 0 Å². The minimum Gasteiger partial charge on any atom is -0.466 e. The van der Waals surface area contributed by atoms with Crippen LogP contribution in [0.25, 0.3) is 0 Å². The molecule has 0 radical (unpaired) electrons. The van der Waals surface area contributed by atoms with Gasteiger partial charge in [0.1, 0.15) is 0 Å². The number of hydrogen-bond acceptors (Lipinski definition) is 3. The molecule has 0 aliphatic heterocycles. The maximum Gasteiger partial charge on any atom is 0.422 e. The van der Waals surface area contributed by atoms with Crippen LogP contribution < -0.4 is 10.5 Å². The maximum atomic E-state index is 13.0. The Balaban J connectivity index is 0.00000225. The zero-order valence-electron chi connectivity index (χ0n) is 7.92. The van der Waals surface area contributed by atoms with Gasteiger partial charge in [0.15, 0.2) is 12.4 Å². The van der Waals surface area contributed by atoms with Crippen molar-refractivity contribution in [2.75, 3.05) is 6.61 Å². The topological polar surface area (TPSA) is 48.1 Å². The second kappa shape index (κ2) is 5.86. The Bertz CT molecular complexity index is 345. The molecule has 0 atom stereocenters. The van der Waals surface area contributed by atoms with E-state index in [0.717, 1.165) is 12.3 Å². The number of nitrogens with zero attached hydrogens (tertiary/aromatic N) is 1. The van der Waals surface area contributed by atoms with Gasteiger partial charge in [-0.1, -0.05) is 0 Å². The second-order valence-corrected chi connectivity index (χ2v) is 2.74. The highest BCUT2D eigenvalue weighted by molar-refractivity contribution is 5.85. The number of pyridine rings is 1. The van der Waals surface area contributed by atoms with Crippen LogP contribution in [0.15, 0.2) is 12.3 Å². The Kier molecular flexibility index (Phi) is 5.46. The van der Waals surface area contributed by atoms with Crippen molar-refractivity contribution >= 4 is 12.4 Å². The van der Waals surface area contributed by atoms with E-state index in [-0.39, 0.29) is 19.0 Å². The molecule has 0 aliphatic rings. The minimum absolute atomic E-state index is 0. The fourth-order valence-electron chi connectivity index (χ4n) is 0.833. The molecule has 0 saturated heterocycles. The molecular formula is C8H9ClF4N2O. The van der Waals surface area contributed by atoms with Gasteiger partial charge in [0, 0.05) is 12.7 Å². The van der Waals surface area contributed by atoms with Gasteiger partial charge in [0.05, 0.1) is 0 Å². The molecule has 0 aromatic carbocycles. The van der Waals surface area contributed by atoms with Crippen molar-refractivity contribution in [3.63, 3.8) is 0 Å². The molecule has 0 fully saturated rings. The van der Waals surface area contributed by atoms with Gasteiger partial charge in [0.2, 0.25) is 0 Å². The van der Waals surface area contributed by atoms with Gasteiger partial charge < -0.3 is 10.5 Å². The Morgan fingerprint density at radius 3 is 2.44 bits per heavy atom. The molecule has 2 N–H and O–H groups in total. The van der Waals surface area contributed by atoms with Crippen molar-refractivity contribution in [1.29, 1.82) is 0 Å². The van der Waals surface area contributed by atoms with Crippen molar-refractivity contribution in [2.45, 2.75) is 12.7 Å². The Morgan fingerprint density at radius 1 is 1.38 bits per heavy atom. The Hall–Kier alpha value is -1.08. The lowest BCUT2D eigenvalue weighted by Gasteiger charge is -2.09. The zero-order chi connectivity index (χ0) is 11.5. The lowest BCUT2D eigenvalue weighted by Crippen LogP contribution is -2.20. The van der Waals surface area contributed by atoms with Gasteiger partial charge in [-0.25, -0.2) is 9.37 Å². The minimum atomic E-state index is -4.51. The summed E-state index contributed by atoms with van der Waals surface area (Å²) in [5, 5.41) is 0. The third-order valence-corrected chi connectivity index (χ3v) is 1.47. The van der Waals surface area contributed by atoms with Gasteiger partial charge in [-0.2, -0.15) is 13.2 Å². The van der Waals surface area contributed by atoms with E-state index in [4.69, 9.17) is 5.73 Å². The van der Waals surface area contributed by atoms with Crippen molar-refractivity contribution in [1.82, 2.24) is 4.98 Å². The fraction of sp³-hybridized carbons (Fsp3) is 0.375. The third kappa shape index (κ3) is 4.63. The second-order valence-electron chi connectivity index (χ2n) is 2.74. The monoisotopic (exact) mass is 260 g/mol. The van der Waals surface area contributed by atoms with E-state index in [1.165, 1.54) is 0 Å². The SMILES string of the molecule is Cl.NCc1cnc(OCC(F)(F)F)c(F)c1. The lowest BCUT2D eigenvalue weighted by molar-refractivity contribution is -0.154. The summed E-state index contributed by atoms with van der Waals surface area (Å²) >= 11 is 0. The largest absolute Gasteiger partial charge is 0.466 e. The highest BCUT2D eigenvalue weighted by Crippen LogP contribution is 2.19. The van der Waals surface area contributed by atoms with E-state index in [0.29, 0.717) is 5.56 Å². The molecule has 92 valence electrons. The van der Waals surface area contributed by atoms with Crippen LogP contribution in [0.4, 0.5) is 17.6 Å². The first-order valence-electron chi connectivity index (χ1n) is 3.96. The summed E-state index contributed by atoms with van der Waals surface area (Å²) in [6, 6.07) is 0.985. The van der Waals surface area contributed by atoms with E-state index in [9.17, 15) is 17.6 Å². The van der Waals surface area contributed by atoms with Gasteiger partial charge in [-0.05, 0) is 11.6 Å². The molecular weight excluding hydrogens is 252 g/mol. The van der Waals surface area contributed by atoms with Crippen molar-refractivity contribution < 1.29 is 22.3 Å². The van der Waals surface area contributed by atoms with Crippen LogP contribution in [0, 0.1) is 5.82 Å². The summed E-state index contributed by atoms with van der Waals surface area (Å²) in [6.07, 6.45) is -3.35. The molecule has 0 unspecified atom stereocenters. The smallest absolute Gasteiger partial charge is 0.422 e. The van der Waals surface area contributed by atoms with Crippen LogP contribution in [0.5, 0.6) is 5.88 Å². The molecule has 0 bridgehead atoms. The standard InChI is InChI=1S/C8H8F4N2O.ClH/c9-6-1-5(2-13)3-14-7(6)15-4-8(10,11)12;/h1,3H,2,4,13H2;1H. The summed E-state index contributed by atoms with van der Waals surface area (Å²) < 4.78 is 52.3. The number of ether oxygens (including phenoxy) is 1. The van der Waals surface area contributed by atoms with E-state index in [1.54, 1.807) is 0 Å². The first-order valence-corrected chi connectivity index (χ1v) is 3.96. The highest BCUT2D eigenvalue weighted by Gasteiger charge is 2.29. The van der Waals surface area contributed by atoms with E-state index < -0.39 is 24.5 Å².